The monoisotopic (exact) mass is 283 g/mol. The van der Waals surface area contributed by atoms with Gasteiger partial charge in [-0.25, -0.2) is 0 Å². The van der Waals surface area contributed by atoms with Gasteiger partial charge in [0.2, 0.25) is 5.91 Å². The lowest BCUT2D eigenvalue weighted by Gasteiger charge is -2.37. The van der Waals surface area contributed by atoms with Gasteiger partial charge in [-0.3, -0.25) is 9.69 Å². The van der Waals surface area contributed by atoms with E-state index >= 15 is 0 Å². The van der Waals surface area contributed by atoms with Gasteiger partial charge in [-0.15, -0.1) is 0 Å². The van der Waals surface area contributed by atoms with Crippen LogP contribution in [-0.2, 0) is 9.53 Å². The number of carbonyl (C=O) groups is 1. The highest BCUT2D eigenvalue weighted by Crippen LogP contribution is 2.19. The van der Waals surface area contributed by atoms with Crippen LogP contribution in [0.1, 0.15) is 26.2 Å². The number of hydrogen-bond acceptors (Lipinski definition) is 4. The molecule has 0 aliphatic carbocycles. The molecule has 2 fully saturated rings. The zero-order valence-corrected chi connectivity index (χ0v) is 12.7. The standard InChI is InChI=1S/C15H29N3O2/c1-2-13-3-5-17(6-4-13)7-9-20-10-8-18-11-14(12-18)15(16)19/h13-14H,2-12H2,1H3,(H2,16,19). The Balaban J connectivity index is 1.42. The van der Waals surface area contributed by atoms with Crippen LogP contribution in [0.2, 0.25) is 0 Å². The SMILES string of the molecule is CCC1CCN(CCOCCN2CC(C(N)=O)C2)CC1. The molecule has 2 N–H and O–H groups in total. The van der Waals surface area contributed by atoms with E-state index in [0.29, 0.717) is 0 Å². The number of likely N-dealkylation sites (tertiary alicyclic amines) is 2. The van der Waals surface area contributed by atoms with Gasteiger partial charge in [0.15, 0.2) is 0 Å². The van der Waals surface area contributed by atoms with Gasteiger partial charge in [-0.05, 0) is 31.8 Å². The number of ether oxygens (including phenoxy) is 1. The zero-order valence-electron chi connectivity index (χ0n) is 12.7. The molecule has 116 valence electrons. The van der Waals surface area contributed by atoms with E-state index < -0.39 is 0 Å². The molecular formula is C15H29N3O2. The Morgan fingerprint density at radius 2 is 1.75 bits per heavy atom. The normalized spacial score (nSPS) is 22.9. The smallest absolute Gasteiger partial charge is 0.223 e. The first-order valence-corrected chi connectivity index (χ1v) is 8.00. The van der Waals surface area contributed by atoms with Crippen LogP contribution >= 0.6 is 0 Å². The number of primary amides is 1. The van der Waals surface area contributed by atoms with E-state index in [9.17, 15) is 4.79 Å². The fraction of sp³-hybridized carbons (Fsp3) is 0.933. The molecule has 0 aromatic heterocycles. The second-order valence-corrected chi connectivity index (χ2v) is 6.16. The number of carbonyl (C=O) groups excluding carboxylic acids is 1. The molecule has 1 amide bonds. The number of hydrogen-bond donors (Lipinski definition) is 1. The third-order valence-electron chi connectivity index (χ3n) is 4.75. The van der Waals surface area contributed by atoms with Crippen molar-refractivity contribution < 1.29 is 9.53 Å². The minimum atomic E-state index is -0.169. The van der Waals surface area contributed by atoms with Crippen molar-refractivity contribution in [2.45, 2.75) is 26.2 Å². The first kappa shape index (κ1) is 15.7. The minimum Gasteiger partial charge on any atom is -0.379 e. The van der Waals surface area contributed by atoms with E-state index in [1.165, 1.54) is 32.4 Å². The molecule has 0 aromatic rings. The second-order valence-electron chi connectivity index (χ2n) is 6.16. The van der Waals surface area contributed by atoms with Crippen molar-refractivity contribution >= 4 is 5.91 Å². The topological polar surface area (TPSA) is 58.8 Å². The van der Waals surface area contributed by atoms with Gasteiger partial charge >= 0.3 is 0 Å². The number of rotatable bonds is 8. The summed E-state index contributed by atoms with van der Waals surface area (Å²) < 4.78 is 5.69. The molecule has 2 rings (SSSR count). The molecular weight excluding hydrogens is 254 g/mol. The number of nitrogens with zero attached hydrogens (tertiary/aromatic N) is 2. The highest BCUT2D eigenvalue weighted by atomic mass is 16.5. The van der Waals surface area contributed by atoms with Crippen molar-refractivity contribution in [3.63, 3.8) is 0 Å². The number of amides is 1. The number of nitrogens with two attached hydrogens (primary N) is 1. The summed E-state index contributed by atoms with van der Waals surface area (Å²) in [4.78, 5) is 15.6. The van der Waals surface area contributed by atoms with Crippen LogP contribution in [0, 0.1) is 11.8 Å². The van der Waals surface area contributed by atoms with E-state index in [4.69, 9.17) is 10.5 Å². The van der Waals surface area contributed by atoms with Gasteiger partial charge in [-0.1, -0.05) is 13.3 Å². The van der Waals surface area contributed by atoms with Crippen molar-refractivity contribution in [1.82, 2.24) is 9.80 Å². The highest BCUT2D eigenvalue weighted by molar-refractivity contribution is 5.78. The lowest BCUT2D eigenvalue weighted by atomic mass is 9.94. The predicted octanol–water partition coefficient (Wildman–Crippen LogP) is 0.542. The molecule has 0 spiro atoms. The molecule has 2 saturated heterocycles. The number of piperidine rings is 1. The summed E-state index contributed by atoms with van der Waals surface area (Å²) in [6.07, 6.45) is 4.02. The molecule has 2 aliphatic heterocycles. The van der Waals surface area contributed by atoms with Crippen LogP contribution in [0.25, 0.3) is 0 Å². The molecule has 2 heterocycles. The van der Waals surface area contributed by atoms with Gasteiger partial charge in [-0.2, -0.15) is 0 Å². The van der Waals surface area contributed by atoms with E-state index in [-0.39, 0.29) is 11.8 Å². The van der Waals surface area contributed by atoms with Gasteiger partial charge in [0, 0.05) is 26.2 Å². The summed E-state index contributed by atoms with van der Waals surface area (Å²) >= 11 is 0. The van der Waals surface area contributed by atoms with E-state index in [1.54, 1.807) is 0 Å². The summed E-state index contributed by atoms with van der Waals surface area (Å²) in [6, 6.07) is 0. The molecule has 0 aromatic carbocycles. The van der Waals surface area contributed by atoms with E-state index in [2.05, 4.69) is 16.7 Å². The maximum atomic E-state index is 10.9. The fourth-order valence-electron chi connectivity index (χ4n) is 3.04. The molecule has 0 radical (unpaired) electrons. The summed E-state index contributed by atoms with van der Waals surface area (Å²) in [5.74, 6) is 0.837. The third kappa shape index (κ3) is 4.72. The average Bonchev–Trinajstić information content (AvgIpc) is 2.40. The Labute approximate surface area is 122 Å². The molecule has 20 heavy (non-hydrogen) atoms. The lowest BCUT2D eigenvalue weighted by Crippen LogP contribution is -2.53. The predicted molar refractivity (Wildman–Crippen MR) is 79.4 cm³/mol. The Morgan fingerprint density at radius 1 is 1.15 bits per heavy atom. The van der Waals surface area contributed by atoms with Crippen LogP contribution in [0.3, 0.4) is 0 Å². The fourth-order valence-corrected chi connectivity index (χ4v) is 3.04. The van der Waals surface area contributed by atoms with Crippen LogP contribution < -0.4 is 5.73 Å². The van der Waals surface area contributed by atoms with Gasteiger partial charge < -0.3 is 15.4 Å². The van der Waals surface area contributed by atoms with Crippen LogP contribution in [0.15, 0.2) is 0 Å². The van der Waals surface area contributed by atoms with Crippen molar-refractivity contribution in [1.29, 1.82) is 0 Å². The van der Waals surface area contributed by atoms with Crippen LogP contribution in [0.4, 0.5) is 0 Å². The second kappa shape index (κ2) is 7.96. The molecule has 2 aliphatic rings. The van der Waals surface area contributed by atoms with Crippen molar-refractivity contribution in [2.75, 3.05) is 52.5 Å². The molecule has 0 saturated carbocycles. The van der Waals surface area contributed by atoms with Crippen LogP contribution in [-0.4, -0.2) is 68.2 Å². The Morgan fingerprint density at radius 3 is 2.30 bits per heavy atom. The first-order chi connectivity index (χ1) is 9.69. The largest absolute Gasteiger partial charge is 0.379 e. The highest BCUT2D eigenvalue weighted by Gasteiger charge is 2.30. The van der Waals surface area contributed by atoms with Crippen LogP contribution in [0.5, 0.6) is 0 Å². The third-order valence-corrected chi connectivity index (χ3v) is 4.75. The van der Waals surface area contributed by atoms with Crippen molar-refractivity contribution in [2.24, 2.45) is 17.6 Å². The van der Waals surface area contributed by atoms with Crippen molar-refractivity contribution in [3.8, 4) is 0 Å². The van der Waals surface area contributed by atoms with E-state index in [0.717, 1.165) is 45.3 Å². The Hall–Kier alpha value is -0.650. The minimum absolute atomic E-state index is 0.0647. The zero-order chi connectivity index (χ0) is 14.4. The maximum Gasteiger partial charge on any atom is 0.223 e. The first-order valence-electron chi connectivity index (χ1n) is 8.00. The summed E-state index contributed by atoms with van der Waals surface area (Å²) in [5, 5.41) is 0. The van der Waals surface area contributed by atoms with E-state index in [1.807, 2.05) is 0 Å². The molecule has 5 heteroatoms. The summed E-state index contributed by atoms with van der Waals surface area (Å²) in [7, 11) is 0. The Kier molecular flexibility index (Phi) is 6.26. The van der Waals surface area contributed by atoms with Gasteiger partial charge in [0.05, 0.1) is 19.1 Å². The lowest BCUT2D eigenvalue weighted by molar-refractivity contribution is -0.127. The van der Waals surface area contributed by atoms with Gasteiger partial charge in [0.25, 0.3) is 0 Å². The molecule has 0 unspecified atom stereocenters. The summed E-state index contributed by atoms with van der Waals surface area (Å²) in [6.45, 7) is 9.93. The summed E-state index contributed by atoms with van der Waals surface area (Å²) in [5.41, 5.74) is 5.24. The quantitative estimate of drug-likeness (QED) is 0.661. The molecule has 0 bridgehead atoms. The maximum absolute atomic E-state index is 10.9. The molecule has 5 nitrogen and oxygen atoms in total. The average molecular weight is 283 g/mol. The molecule has 0 atom stereocenters. The van der Waals surface area contributed by atoms with Gasteiger partial charge in [0.1, 0.15) is 0 Å². The van der Waals surface area contributed by atoms with Crippen molar-refractivity contribution in [3.05, 3.63) is 0 Å². The Bertz CT molecular complexity index is 297.